The molecule has 0 bridgehead atoms. The Hall–Kier alpha value is -2.05. The summed E-state index contributed by atoms with van der Waals surface area (Å²) < 4.78 is 41.3. The number of anilines is 1. The van der Waals surface area contributed by atoms with Gasteiger partial charge in [0.15, 0.2) is 0 Å². The smallest absolute Gasteiger partial charge is 0.229 e. The molecule has 0 fully saturated rings. The van der Waals surface area contributed by atoms with Gasteiger partial charge in [-0.05, 0) is 43.7 Å². The Labute approximate surface area is 151 Å². The van der Waals surface area contributed by atoms with Crippen molar-refractivity contribution in [3.05, 3.63) is 53.4 Å². The topological polar surface area (TPSA) is 51.1 Å². The van der Waals surface area contributed by atoms with Crippen LogP contribution >= 0.6 is 11.6 Å². The van der Waals surface area contributed by atoms with Crippen LogP contribution in [-0.2, 0) is 10.0 Å². The summed E-state index contributed by atoms with van der Waals surface area (Å²) in [7, 11) is -3.36. The van der Waals surface area contributed by atoms with Crippen LogP contribution in [0.15, 0.2) is 42.6 Å². The lowest BCUT2D eigenvalue weighted by Gasteiger charge is -2.10. The fraction of sp³-hybridized carbons (Fsp3) is 0.222. The van der Waals surface area contributed by atoms with Crippen LogP contribution in [0.2, 0.25) is 5.02 Å². The van der Waals surface area contributed by atoms with E-state index in [0.717, 1.165) is 28.3 Å². The maximum absolute atomic E-state index is 13.9. The zero-order valence-corrected chi connectivity index (χ0v) is 15.6. The Balaban J connectivity index is 2.22. The molecule has 0 radical (unpaired) electrons. The summed E-state index contributed by atoms with van der Waals surface area (Å²) in [5.41, 5.74) is 2.94. The van der Waals surface area contributed by atoms with E-state index in [2.05, 4.69) is 4.72 Å². The van der Waals surface area contributed by atoms with Crippen LogP contribution in [0.4, 0.5) is 10.1 Å². The maximum Gasteiger partial charge on any atom is 0.229 e. The van der Waals surface area contributed by atoms with Gasteiger partial charge >= 0.3 is 0 Å². The van der Waals surface area contributed by atoms with Crippen LogP contribution in [0.5, 0.6) is 0 Å². The molecule has 0 atom stereocenters. The van der Waals surface area contributed by atoms with Crippen molar-refractivity contribution in [3.63, 3.8) is 0 Å². The molecule has 1 N–H and O–H groups in total. The lowest BCUT2D eigenvalue weighted by Crippen LogP contribution is -2.09. The summed E-state index contributed by atoms with van der Waals surface area (Å²) in [5, 5.41) is 0.991. The second kappa shape index (κ2) is 6.35. The molecule has 1 heterocycles. The van der Waals surface area contributed by atoms with Gasteiger partial charge < -0.3 is 4.57 Å². The van der Waals surface area contributed by atoms with Gasteiger partial charge in [-0.2, -0.15) is 0 Å². The van der Waals surface area contributed by atoms with Gasteiger partial charge in [0.2, 0.25) is 10.0 Å². The Kier molecular flexibility index (Phi) is 4.51. The fourth-order valence-corrected chi connectivity index (χ4v) is 3.52. The van der Waals surface area contributed by atoms with Gasteiger partial charge in [-0.3, -0.25) is 4.72 Å². The molecular weight excluding hydrogens is 363 g/mol. The average Bonchev–Trinajstić information content (AvgIpc) is 2.87. The first-order valence-electron chi connectivity index (χ1n) is 7.73. The first-order chi connectivity index (χ1) is 11.7. The summed E-state index contributed by atoms with van der Waals surface area (Å²) in [6.45, 7) is 4.06. The Bertz CT molecular complexity index is 1060. The van der Waals surface area contributed by atoms with Gasteiger partial charge in [-0.15, -0.1) is 0 Å². The number of benzene rings is 2. The van der Waals surface area contributed by atoms with Crippen molar-refractivity contribution in [1.29, 1.82) is 0 Å². The van der Waals surface area contributed by atoms with E-state index >= 15 is 0 Å². The number of nitrogens with one attached hydrogen (secondary N) is 1. The lowest BCUT2D eigenvalue weighted by molar-refractivity contribution is 0.607. The molecule has 0 aliphatic rings. The van der Waals surface area contributed by atoms with Crippen LogP contribution in [0.25, 0.3) is 22.0 Å². The average molecular weight is 381 g/mol. The third kappa shape index (κ3) is 3.65. The summed E-state index contributed by atoms with van der Waals surface area (Å²) in [4.78, 5) is 0. The largest absolute Gasteiger partial charge is 0.344 e. The number of sulfonamides is 1. The molecule has 0 amide bonds. The summed E-state index contributed by atoms with van der Waals surface area (Å²) in [6, 6.07) is 10.2. The number of hydrogen-bond donors (Lipinski definition) is 1. The number of fused-ring (bicyclic) bond motifs is 1. The van der Waals surface area contributed by atoms with Gasteiger partial charge in [0.25, 0.3) is 0 Å². The standard InChI is InChI=1S/C18H18ClFN2O2S/c1-11(2)22-10-15(12-4-7-16(19)17(20)8-12)14-6-5-13(9-18(14)22)21-25(3,23)24/h4-11,21H,1-3H3. The van der Waals surface area contributed by atoms with Crippen molar-refractivity contribution >= 4 is 38.2 Å². The molecule has 4 nitrogen and oxygen atoms in total. The number of hydrogen-bond acceptors (Lipinski definition) is 2. The predicted molar refractivity (Wildman–Crippen MR) is 101 cm³/mol. The second-order valence-corrected chi connectivity index (χ2v) is 8.43. The monoisotopic (exact) mass is 380 g/mol. The van der Waals surface area contributed by atoms with E-state index in [4.69, 9.17) is 11.6 Å². The van der Waals surface area contributed by atoms with Crippen molar-refractivity contribution in [2.75, 3.05) is 11.0 Å². The number of rotatable bonds is 4. The van der Waals surface area contributed by atoms with E-state index in [1.54, 1.807) is 18.2 Å². The summed E-state index contributed by atoms with van der Waals surface area (Å²) >= 11 is 5.78. The zero-order valence-electron chi connectivity index (χ0n) is 14.0. The quantitative estimate of drug-likeness (QED) is 0.688. The fourth-order valence-electron chi connectivity index (χ4n) is 2.85. The highest BCUT2D eigenvalue weighted by Crippen LogP contribution is 2.35. The molecule has 0 unspecified atom stereocenters. The minimum Gasteiger partial charge on any atom is -0.344 e. The zero-order chi connectivity index (χ0) is 18.4. The highest BCUT2D eigenvalue weighted by molar-refractivity contribution is 7.92. The van der Waals surface area contributed by atoms with Crippen molar-refractivity contribution in [3.8, 4) is 11.1 Å². The molecule has 0 aliphatic heterocycles. The third-order valence-electron chi connectivity index (χ3n) is 3.92. The van der Waals surface area contributed by atoms with E-state index < -0.39 is 15.8 Å². The minimum atomic E-state index is -3.36. The minimum absolute atomic E-state index is 0.0796. The van der Waals surface area contributed by atoms with Crippen molar-refractivity contribution in [2.24, 2.45) is 0 Å². The first kappa shape index (κ1) is 17.8. The number of nitrogens with zero attached hydrogens (tertiary/aromatic N) is 1. The van der Waals surface area contributed by atoms with E-state index in [9.17, 15) is 12.8 Å². The van der Waals surface area contributed by atoms with Crippen LogP contribution in [0, 0.1) is 5.82 Å². The molecule has 7 heteroatoms. The molecule has 2 aromatic carbocycles. The van der Waals surface area contributed by atoms with Crippen molar-refractivity contribution in [2.45, 2.75) is 19.9 Å². The van der Waals surface area contributed by atoms with Gasteiger partial charge in [0.1, 0.15) is 5.82 Å². The maximum atomic E-state index is 13.9. The highest BCUT2D eigenvalue weighted by atomic mass is 35.5. The van der Waals surface area contributed by atoms with Gasteiger partial charge in [0, 0.05) is 23.2 Å². The van der Waals surface area contributed by atoms with Crippen LogP contribution in [0.3, 0.4) is 0 Å². The highest BCUT2D eigenvalue weighted by Gasteiger charge is 2.15. The molecule has 3 rings (SSSR count). The molecule has 25 heavy (non-hydrogen) atoms. The summed E-state index contributed by atoms with van der Waals surface area (Å²) in [6.07, 6.45) is 3.06. The Morgan fingerprint density at radius 1 is 1.16 bits per heavy atom. The number of halogens is 2. The van der Waals surface area contributed by atoms with E-state index in [1.165, 1.54) is 12.1 Å². The molecule has 0 saturated carbocycles. The van der Waals surface area contributed by atoms with Crippen LogP contribution in [-0.4, -0.2) is 19.2 Å². The molecule has 0 saturated heterocycles. The molecule has 1 aromatic heterocycles. The molecule has 0 aliphatic carbocycles. The Morgan fingerprint density at radius 2 is 1.88 bits per heavy atom. The predicted octanol–water partition coefficient (Wildman–Crippen LogP) is 5.05. The van der Waals surface area contributed by atoms with E-state index in [0.29, 0.717) is 5.69 Å². The van der Waals surface area contributed by atoms with Crippen molar-refractivity contribution < 1.29 is 12.8 Å². The Morgan fingerprint density at radius 3 is 2.48 bits per heavy atom. The van der Waals surface area contributed by atoms with Gasteiger partial charge in [-0.1, -0.05) is 23.7 Å². The summed E-state index contributed by atoms with van der Waals surface area (Å²) in [5.74, 6) is -0.472. The molecular formula is C18H18ClFN2O2S. The molecule has 132 valence electrons. The molecule has 0 spiro atoms. The SMILES string of the molecule is CC(C)n1cc(-c2ccc(Cl)c(F)c2)c2ccc(NS(C)(=O)=O)cc21. The third-order valence-corrected chi connectivity index (χ3v) is 4.84. The second-order valence-electron chi connectivity index (χ2n) is 6.28. The first-order valence-corrected chi connectivity index (χ1v) is 10.0. The van der Waals surface area contributed by atoms with E-state index in [-0.39, 0.29) is 11.1 Å². The molecule has 3 aromatic rings. The van der Waals surface area contributed by atoms with E-state index in [1.807, 2.05) is 30.7 Å². The normalized spacial score (nSPS) is 12.1. The van der Waals surface area contributed by atoms with Crippen LogP contribution in [0.1, 0.15) is 19.9 Å². The van der Waals surface area contributed by atoms with Crippen molar-refractivity contribution in [1.82, 2.24) is 4.57 Å². The van der Waals surface area contributed by atoms with Gasteiger partial charge in [0.05, 0.1) is 22.5 Å². The van der Waals surface area contributed by atoms with Crippen LogP contribution < -0.4 is 4.72 Å². The number of aromatic nitrogens is 1. The lowest BCUT2D eigenvalue weighted by atomic mass is 10.0. The van der Waals surface area contributed by atoms with Gasteiger partial charge in [-0.25, -0.2) is 12.8 Å².